The van der Waals surface area contributed by atoms with Gasteiger partial charge < -0.3 is 5.11 Å². The average Bonchev–Trinajstić information content (AvgIpc) is 2.30. The molecular weight excluding hydrogens is 202 g/mol. The van der Waals surface area contributed by atoms with Crippen molar-refractivity contribution in [2.45, 2.75) is 51.0 Å². The van der Waals surface area contributed by atoms with Gasteiger partial charge in [0.2, 0.25) is 0 Å². The number of aliphatic hydroxyl groups is 1. The van der Waals surface area contributed by atoms with Crippen LogP contribution in [0.2, 0.25) is 0 Å². The Kier molecular flexibility index (Phi) is 4.36. The van der Waals surface area contributed by atoms with Crippen molar-refractivity contribution in [2.24, 2.45) is 5.92 Å². The predicted molar refractivity (Wildman–Crippen MR) is 63.3 cm³/mol. The van der Waals surface area contributed by atoms with Crippen LogP contribution in [0.5, 0.6) is 0 Å². The Hall–Kier alpha value is -0.410. The van der Waals surface area contributed by atoms with Gasteiger partial charge in [-0.05, 0) is 32.2 Å². The smallest absolute Gasteiger partial charge is 0.149 e. The third kappa shape index (κ3) is 3.29. The fourth-order valence-electron chi connectivity index (χ4n) is 2.95. The molecular formula is C13H23NO2. The molecule has 1 unspecified atom stereocenters. The van der Waals surface area contributed by atoms with Gasteiger partial charge in [0.1, 0.15) is 5.78 Å². The lowest BCUT2D eigenvalue weighted by Crippen LogP contribution is -2.42. The topological polar surface area (TPSA) is 40.5 Å². The minimum absolute atomic E-state index is 0.215. The number of rotatable bonds is 3. The second-order valence-electron chi connectivity index (χ2n) is 5.33. The van der Waals surface area contributed by atoms with Crippen LogP contribution in [-0.4, -0.2) is 41.5 Å². The molecule has 1 saturated carbocycles. The molecule has 1 heterocycles. The van der Waals surface area contributed by atoms with Gasteiger partial charge in [0.25, 0.3) is 0 Å². The second kappa shape index (κ2) is 5.78. The lowest BCUT2D eigenvalue weighted by molar-refractivity contribution is -0.125. The number of Topliss-reactive ketones (excluding diaryl/α,β-unsaturated/α-hetero) is 1. The molecule has 1 atom stereocenters. The van der Waals surface area contributed by atoms with E-state index in [1.807, 2.05) is 0 Å². The van der Waals surface area contributed by atoms with Crippen LogP contribution in [0.4, 0.5) is 0 Å². The van der Waals surface area contributed by atoms with Crippen molar-refractivity contribution in [3.63, 3.8) is 0 Å². The van der Waals surface area contributed by atoms with Crippen LogP contribution in [0.15, 0.2) is 0 Å². The fourth-order valence-corrected chi connectivity index (χ4v) is 2.95. The molecule has 3 nitrogen and oxygen atoms in total. The van der Waals surface area contributed by atoms with Gasteiger partial charge >= 0.3 is 0 Å². The number of piperidine rings is 1. The van der Waals surface area contributed by atoms with Crippen LogP contribution < -0.4 is 0 Å². The Balaban J connectivity index is 1.77. The van der Waals surface area contributed by atoms with E-state index in [1.165, 1.54) is 19.3 Å². The van der Waals surface area contributed by atoms with Gasteiger partial charge in [-0.15, -0.1) is 0 Å². The summed E-state index contributed by atoms with van der Waals surface area (Å²) in [6.45, 7) is 2.25. The first-order valence-corrected chi connectivity index (χ1v) is 6.69. The third-order valence-corrected chi connectivity index (χ3v) is 3.92. The maximum Gasteiger partial charge on any atom is 0.149 e. The zero-order valence-electron chi connectivity index (χ0n) is 10.0. The zero-order chi connectivity index (χ0) is 11.4. The number of β-amino-alcohol motifs (C(OH)–C–C–N with tert-alkyl or cyclic N) is 1. The van der Waals surface area contributed by atoms with E-state index in [0.717, 1.165) is 32.2 Å². The number of aliphatic hydroxyl groups excluding tert-OH is 1. The maximum absolute atomic E-state index is 12.0. The van der Waals surface area contributed by atoms with E-state index in [1.54, 1.807) is 0 Å². The summed E-state index contributed by atoms with van der Waals surface area (Å²) in [5.74, 6) is 0.724. The van der Waals surface area contributed by atoms with Gasteiger partial charge in [-0.25, -0.2) is 0 Å². The lowest BCUT2D eigenvalue weighted by atomic mass is 9.86. The maximum atomic E-state index is 12.0. The van der Waals surface area contributed by atoms with Gasteiger partial charge in [-0.2, -0.15) is 0 Å². The molecule has 0 aromatic rings. The summed E-state index contributed by atoms with van der Waals surface area (Å²) in [7, 11) is 0. The largest absolute Gasteiger partial charge is 0.392 e. The molecule has 0 aromatic carbocycles. The lowest BCUT2D eigenvalue weighted by Gasteiger charge is -2.31. The van der Waals surface area contributed by atoms with Gasteiger partial charge in [0.05, 0.1) is 12.6 Å². The van der Waals surface area contributed by atoms with E-state index in [2.05, 4.69) is 4.90 Å². The van der Waals surface area contributed by atoms with Crippen molar-refractivity contribution in [2.75, 3.05) is 19.6 Å². The van der Waals surface area contributed by atoms with Crippen molar-refractivity contribution in [3.05, 3.63) is 0 Å². The molecule has 1 aliphatic carbocycles. The van der Waals surface area contributed by atoms with E-state index in [0.29, 0.717) is 24.8 Å². The highest BCUT2D eigenvalue weighted by Gasteiger charge is 2.25. The highest BCUT2D eigenvalue weighted by Crippen LogP contribution is 2.24. The summed E-state index contributed by atoms with van der Waals surface area (Å²) in [5, 5.41) is 9.55. The second-order valence-corrected chi connectivity index (χ2v) is 5.33. The van der Waals surface area contributed by atoms with Gasteiger partial charge in [-0.3, -0.25) is 9.69 Å². The third-order valence-electron chi connectivity index (χ3n) is 3.92. The molecule has 92 valence electrons. The van der Waals surface area contributed by atoms with Crippen LogP contribution in [-0.2, 0) is 4.79 Å². The van der Waals surface area contributed by atoms with Crippen molar-refractivity contribution in [1.29, 1.82) is 0 Å². The van der Waals surface area contributed by atoms with Gasteiger partial charge in [0, 0.05) is 12.5 Å². The number of carbonyl (C=O) groups is 1. The first-order chi connectivity index (χ1) is 7.75. The van der Waals surface area contributed by atoms with E-state index >= 15 is 0 Å². The summed E-state index contributed by atoms with van der Waals surface area (Å²) in [6, 6.07) is 0. The molecule has 0 bridgehead atoms. The Morgan fingerprint density at radius 3 is 2.56 bits per heavy atom. The Bertz CT molecular complexity index is 236. The van der Waals surface area contributed by atoms with E-state index in [-0.39, 0.29) is 6.10 Å². The van der Waals surface area contributed by atoms with Crippen LogP contribution in [0, 0.1) is 5.92 Å². The number of ketones is 1. The first-order valence-electron chi connectivity index (χ1n) is 6.69. The number of hydrogen-bond donors (Lipinski definition) is 1. The molecule has 0 amide bonds. The average molecular weight is 225 g/mol. The molecule has 2 rings (SSSR count). The van der Waals surface area contributed by atoms with Crippen LogP contribution in [0.25, 0.3) is 0 Å². The van der Waals surface area contributed by atoms with E-state index < -0.39 is 0 Å². The first kappa shape index (κ1) is 12.1. The molecule has 0 radical (unpaired) electrons. The Morgan fingerprint density at radius 1 is 1.12 bits per heavy atom. The van der Waals surface area contributed by atoms with Crippen LogP contribution in [0.1, 0.15) is 44.9 Å². The quantitative estimate of drug-likeness (QED) is 0.793. The SMILES string of the molecule is O=C(CN1CCCC(O)C1)C1CCCCC1. The number of carbonyl (C=O) groups excluding carboxylic acids is 1. The van der Waals surface area contributed by atoms with Crippen molar-refractivity contribution in [3.8, 4) is 0 Å². The molecule has 2 fully saturated rings. The molecule has 16 heavy (non-hydrogen) atoms. The molecule has 3 heteroatoms. The standard InChI is InChI=1S/C13H23NO2/c15-12-7-4-8-14(9-12)10-13(16)11-5-2-1-3-6-11/h11-12,15H,1-10H2. The van der Waals surface area contributed by atoms with Crippen LogP contribution >= 0.6 is 0 Å². The number of likely N-dealkylation sites (tertiary alicyclic amines) is 1. The summed E-state index contributed by atoms with van der Waals surface area (Å²) in [6.07, 6.45) is 7.63. The highest BCUT2D eigenvalue weighted by molar-refractivity contribution is 5.83. The fraction of sp³-hybridized carbons (Fsp3) is 0.923. The minimum atomic E-state index is -0.215. The van der Waals surface area contributed by atoms with Crippen LogP contribution in [0.3, 0.4) is 0 Å². The summed E-state index contributed by atoms with van der Waals surface area (Å²) in [4.78, 5) is 14.2. The van der Waals surface area contributed by atoms with Crippen molar-refractivity contribution >= 4 is 5.78 Å². The molecule has 0 aromatic heterocycles. The minimum Gasteiger partial charge on any atom is -0.392 e. The molecule has 1 aliphatic heterocycles. The Labute approximate surface area is 97.8 Å². The monoisotopic (exact) mass is 225 g/mol. The zero-order valence-corrected chi connectivity index (χ0v) is 10.0. The van der Waals surface area contributed by atoms with Gasteiger partial charge in [0.15, 0.2) is 0 Å². The molecule has 0 spiro atoms. The van der Waals surface area contributed by atoms with Crippen molar-refractivity contribution in [1.82, 2.24) is 4.90 Å². The summed E-state index contributed by atoms with van der Waals surface area (Å²) < 4.78 is 0. The number of nitrogens with zero attached hydrogens (tertiary/aromatic N) is 1. The molecule has 1 saturated heterocycles. The Morgan fingerprint density at radius 2 is 1.88 bits per heavy atom. The summed E-state index contributed by atoms with van der Waals surface area (Å²) >= 11 is 0. The number of hydrogen-bond acceptors (Lipinski definition) is 3. The predicted octanol–water partition coefficient (Wildman–Crippen LogP) is 1.59. The van der Waals surface area contributed by atoms with Gasteiger partial charge in [-0.1, -0.05) is 19.3 Å². The molecule has 2 aliphatic rings. The highest BCUT2D eigenvalue weighted by atomic mass is 16.3. The molecule has 1 N–H and O–H groups in total. The van der Waals surface area contributed by atoms with Crippen molar-refractivity contribution < 1.29 is 9.90 Å². The summed E-state index contributed by atoms with van der Waals surface area (Å²) in [5.41, 5.74) is 0. The van der Waals surface area contributed by atoms with E-state index in [9.17, 15) is 9.90 Å². The van der Waals surface area contributed by atoms with E-state index in [4.69, 9.17) is 0 Å². The normalized spacial score (nSPS) is 29.2.